The van der Waals surface area contributed by atoms with Gasteiger partial charge in [0.1, 0.15) is 0 Å². The average molecular weight is 321 g/mol. The largest absolute Gasteiger partial charge is 0.450 e. The molecular formula is C12H21BrN2O3. The molecule has 2 amide bonds. The zero-order valence-electron chi connectivity index (χ0n) is 11.2. The Morgan fingerprint density at radius 1 is 1.50 bits per heavy atom. The Balaban J connectivity index is 2.51. The minimum atomic E-state index is -0.557. The van der Waals surface area contributed by atoms with Gasteiger partial charge in [-0.3, -0.25) is 4.79 Å². The van der Waals surface area contributed by atoms with Crippen molar-refractivity contribution in [2.24, 2.45) is 0 Å². The minimum Gasteiger partial charge on any atom is -0.450 e. The van der Waals surface area contributed by atoms with E-state index in [1.165, 1.54) is 0 Å². The lowest BCUT2D eigenvalue weighted by Crippen LogP contribution is -2.53. The molecule has 6 heteroatoms. The summed E-state index contributed by atoms with van der Waals surface area (Å²) in [6.45, 7) is 7.08. The summed E-state index contributed by atoms with van der Waals surface area (Å²) >= 11 is 3.37. The second-order valence-electron chi connectivity index (χ2n) is 4.93. The molecule has 0 aliphatic carbocycles. The molecule has 1 aliphatic rings. The summed E-state index contributed by atoms with van der Waals surface area (Å²) in [7, 11) is 0. The maximum atomic E-state index is 12.1. The van der Waals surface area contributed by atoms with Crippen LogP contribution in [0.3, 0.4) is 0 Å². The first kappa shape index (κ1) is 15.3. The molecule has 104 valence electrons. The van der Waals surface area contributed by atoms with Gasteiger partial charge in [0.15, 0.2) is 0 Å². The van der Waals surface area contributed by atoms with Crippen LogP contribution in [0.4, 0.5) is 4.79 Å². The second-order valence-corrected chi connectivity index (χ2v) is 6.91. The number of alkyl halides is 1. The topological polar surface area (TPSA) is 58.6 Å². The molecule has 0 aromatic heterocycles. The molecule has 1 aliphatic heterocycles. The van der Waals surface area contributed by atoms with E-state index < -0.39 is 10.4 Å². The van der Waals surface area contributed by atoms with Crippen LogP contribution in [0.25, 0.3) is 0 Å². The smallest absolute Gasteiger partial charge is 0.407 e. The molecule has 1 N–H and O–H groups in total. The van der Waals surface area contributed by atoms with Crippen LogP contribution in [0, 0.1) is 0 Å². The van der Waals surface area contributed by atoms with Crippen LogP contribution < -0.4 is 5.32 Å². The molecule has 0 spiro atoms. The number of carbonyl (C=O) groups excluding carboxylic acids is 2. The molecular weight excluding hydrogens is 300 g/mol. The average Bonchev–Trinajstić information content (AvgIpc) is 2.27. The normalized spacial score (nSPS) is 20.4. The molecule has 5 nitrogen and oxygen atoms in total. The first-order valence-corrected chi connectivity index (χ1v) is 7.05. The van der Waals surface area contributed by atoms with Crippen LogP contribution in [-0.2, 0) is 9.53 Å². The highest BCUT2D eigenvalue weighted by molar-refractivity contribution is 9.10. The maximum Gasteiger partial charge on any atom is 0.407 e. The van der Waals surface area contributed by atoms with Crippen LogP contribution in [0.1, 0.15) is 33.6 Å². The fourth-order valence-electron chi connectivity index (χ4n) is 1.99. The van der Waals surface area contributed by atoms with Crippen LogP contribution in [0.15, 0.2) is 0 Å². The minimum absolute atomic E-state index is 0.0170. The fourth-order valence-corrected chi connectivity index (χ4v) is 2.25. The summed E-state index contributed by atoms with van der Waals surface area (Å²) in [5, 5.41) is 2.79. The van der Waals surface area contributed by atoms with Crippen LogP contribution in [0.5, 0.6) is 0 Å². The van der Waals surface area contributed by atoms with Gasteiger partial charge in [-0.05, 0) is 33.6 Å². The van der Waals surface area contributed by atoms with Crippen molar-refractivity contribution in [1.82, 2.24) is 10.2 Å². The molecule has 1 rings (SSSR count). The van der Waals surface area contributed by atoms with Gasteiger partial charge >= 0.3 is 6.09 Å². The predicted molar refractivity (Wildman–Crippen MR) is 72.8 cm³/mol. The number of ether oxygens (including phenoxy) is 1. The molecule has 1 saturated heterocycles. The molecule has 1 heterocycles. The monoisotopic (exact) mass is 320 g/mol. The van der Waals surface area contributed by atoms with E-state index in [4.69, 9.17) is 4.74 Å². The van der Waals surface area contributed by atoms with Crippen LogP contribution >= 0.6 is 15.9 Å². The summed E-state index contributed by atoms with van der Waals surface area (Å²) < 4.78 is 4.29. The van der Waals surface area contributed by atoms with E-state index in [0.29, 0.717) is 13.2 Å². The zero-order chi connectivity index (χ0) is 13.8. The van der Waals surface area contributed by atoms with E-state index in [9.17, 15) is 9.59 Å². The van der Waals surface area contributed by atoms with Crippen molar-refractivity contribution in [1.29, 1.82) is 0 Å². The number of amides is 2. The molecule has 0 bridgehead atoms. The van der Waals surface area contributed by atoms with E-state index >= 15 is 0 Å². The number of likely N-dealkylation sites (tertiary alicyclic amines) is 1. The lowest BCUT2D eigenvalue weighted by molar-refractivity contribution is -0.134. The van der Waals surface area contributed by atoms with E-state index in [-0.39, 0.29) is 11.9 Å². The highest BCUT2D eigenvalue weighted by Crippen LogP contribution is 2.22. The summed E-state index contributed by atoms with van der Waals surface area (Å²) in [6, 6.07) is -0.0170. The number of hydrogen-bond acceptors (Lipinski definition) is 3. The number of carbonyl (C=O) groups is 2. The summed E-state index contributed by atoms with van der Waals surface area (Å²) in [5.74, 6) is 0.0536. The van der Waals surface area contributed by atoms with Gasteiger partial charge in [0.05, 0.1) is 10.9 Å². The summed E-state index contributed by atoms with van der Waals surface area (Å²) in [4.78, 5) is 25.2. The Labute approximate surface area is 116 Å². The van der Waals surface area contributed by atoms with Crippen molar-refractivity contribution in [3.8, 4) is 0 Å². The standard InChI is InChI=1S/C12H21BrN2O3/c1-4-18-11(17)14-9-6-5-7-15(8-9)10(16)12(2,3)13/h9H,4-8H2,1-3H3,(H,14,17). The number of halogens is 1. The van der Waals surface area contributed by atoms with Crippen molar-refractivity contribution in [3.05, 3.63) is 0 Å². The Kier molecular flexibility index (Phi) is 5.44. The van der Waals surface area contributed by atoms with Crippen molar-refractivity contribution in [2.75, 3.05) is 19.7 Å². The number of alkyl carbamates (subject to hydrolysis) is 1. The molecule has 0 saturated carbocycles. The van der Waals surface area contributed by atoms with Crippen molar-refractivity contribution in [3.63, 3.8) is 0 Å². The fraction of sp³-hybridized carbons (Fsp3) is 0.833. The first-order chi connectivity index (χ1) is 8.34. The summed E-state index contributed by atoms with van der Waals surface area (Å²) in [6.07, 6.45) is 1.37. The van der Waals surface area contributed by atoms with Gasteiger partial charge in [0, 0.05) is 19.1 Å². The molecule has 0 aromatic rings. The van der Waals surface area contributed by atoms with Gasteiger partial charge in [-0.1, -0.05) is 15.9 Å². The molecule has 1 atom stereocenters. The molecule has 1 fully saturated rings. The molecule has 0 aromatic carbocycles. The zero-order valence-corrected chi connectivity index (χ0v) is 12.7. The van der Waals surface area contributed by atoms with Gasteiger partial charge in [0.2, 0.25) is 5.91 Å². The van der Waals surface area contributed by atoms with Gasteiger partial charge in [0.25, 0.3) is 0 Å². The number of hydrogen-bond donors (Lipinski definition) is 1. The Bertz CT molecular complexity index is 315. The molecule has 0 radical (unpaired) electrons. The van der Waals surface area contributed by atoms with Gasteiger partial charge in [-0.25, -0.2) is 4.79 Å². The maximum absolute atomic E-state index is 12.1. The van der Waals surface area contributed by atoms with E-state index in [1.54, 1.807) is 11.8 Å². The van der Waals surface area contributed by atoms with Gasteiger partial charge < -0.3 is 15.0 Å². The number of rotatable bonds is 3. The first-order valence-electron chi connectivity index (χ1n) is 6.26. The van der Waals surface area contributed by atoms with E-state index in [0.717, 1.165) is 19.4 Å². The Morgan fingerprint density at radius 2 is 2.17 bits per heavy atom. The lowest BCUT2D eigenvalue weighted by Gasteiger charge is -2.35. The van der Waals surface area contributed by atoms with Crippen molar-refractivity contribution in [2.45, 2.75) is 44.0 Å². The highest BCUT2D eigenvalue weighted by Gasteiger charge is 2.32. The number of piperidine rings is 1. The Hall–Kier alpha value is -0.780. The summed E-state index contributed by atoms with van der Waals surface area (Å²) in [5.41, 5.74) is 0. The SMILES string of the molecule is CCOC(=O)NC1CCCN(C(=O)C(C)(C)Br)C1. The third-order valence-electron chi connectivity index (χ3n) is 2.81. The van der Waals surface area contributed by atoms with Crippen molar-refractivity contribution < 1.29 is 14.3 Å². The highest BCUT2D eigenvalue weighted by atomic mass is 79.9. The molecule has 1 unspecified atom stereocenters. The van der Waals surface area contributed by atoms with Gasteiger partial charge in [-0.15, -0.1) is 0 Å². The number of nitrogens with one attached hydrogen (secondary N) is 1. The third kappa shape index (κ3) is 4.48. The predicted octanol–water partition coefficient (Wildman–Crippen LogP) is 1.90. The quantitative estimate of drug-likeness (QED) is 0.808. The van der Waals surface area contributed by atoms with Crippen LogP contribution in [-0.4, -0.2) is 47.0 Å². The van der Waals surface area contributed by atoms with Crippen molar-refractivity contribution >= 4 is 27.9 Å². The third-order valence-corrected chi connectivity index (χ3v) is 3.15. The second kappa shape index (κ2) is 6.41. The van der Waals surface area contributed by atoms with E-state index in [2.05, 4.69) is 21.2 Å². The Morgan fingerprint density at radius 3 is 2.72 bits per heavy atom. The lowest BCUT2D eigenvalue weighted by atomic mass is 10.0. The van der Waals surface area contributed by atoms with E-state index in [1.807, 2.05) is 13.8 Å². The number of nitrogens with zero attached hydrogens (tertiary/aromatic N) is 1. The van der Waals surface area contributed by atoms with Crippen LogP contribution in [0.2, 0.25) is 0 Å². The van der Waals surface area contributed by atoms with Gasteiger partial charge in [-0.2, -0.15) is 0 Å². The molecule has 18 heavy (non-hydrogen) atoms.